The summed E-state index contributed by atoms with van der Waals surface area (Å²) >= 11 is 0. The highest BCUT2D eigenvalue weighted by Crippen LogP contribution is 2.18. The topological polar surface area (TPSA) is 74.4 Å². The van der Waals surface area contributed by atoms with Gasteiger partial charge in [-0.2, -0.15) is 15.0 Å². The molecule has 0 spiro atoms. The SMILES string of the molecule is Nc1nc(CN2CCN(c3ccccc3)CC2)nc(N2CCCCC2)n1. The zero-order valence-corrected chi connectivity index (χ0v) is 15.2. The second-order valence-corrected chi connectivity index (χ2v) is 7.06. The van der Waals surface area contributed by atoms with Gasteiger partial charge in [0.25, 0.3) is 0 Å². The molecule has 7 nitrogen and oxygen atoms in total. The van der Waals surface area contributed by atoms with Gasteiger partial charge in [-0.25, -0.2) is 0 Å². The molecular weight excluding hydrogens is 326 g/mol. The number of hydrogen-bond donors (Lipinski definition) is 1. The Morgan fingerprint density at radius 3 is 2.23 bits per heavy atom. The first-order valence-corrected chi connectivity index (χ1v) is 9.56. The van der Waals surface area contributed by atoms with E-state index in [9.17, 15) is 0 Å². The first-order chi connectivity index (χ1) is 12.8. The number of benzene rings is 1. The first kappa shape index (κ1) is 17.0. The van der Waals surface area contributed by atoms with Crippen molar-refractivity contribution in [1.29, 1.82) is 0 Å². The van der Waals surface area contributed by atoms with Crippen molar-refractivity contribution in [1.82, 2.24) is 19.9 Å². The summed E-state index contributed by atoms with van der Waals surface area (Å²) in [4.78, 5) is 20.5. The average Bonchev–Trinajstić information content (AvgIpc) is 2.69. The highest BCUT2D eigenvalue weighted by molar-refractivity contribution is 5.46. The van der Waals surface area contributed by atoms with Crippen LogP contribution in [0.4, 0.5) is 17.6 Å². The third-order valence-corrected chi connectivity index (χ3v) is 5.18. The molecule has 0 atom stereocenters. The van der Waals surface area contributed by atoms with E-state index in [1.807, 2.05) is 0 Å². The molecule has 0 bridgehead atoms. The van der Waals surface area contributed by atoms with Crippen molar-refractivity contribution in [2.24, 2.45) is 0 Å². The minimum absolute atomic E-state index is 0.332. The van der Waals surface area contributed by atoms with E-state index in [0.717, 1.165) is 57.6 Å². The number of para-hydroxylation sites is 1. The van der Waals surface area contributed by atoms with Crippen LogP contribution in [-0.4, -0.2) is 59.1 Å². The van der Waals surface area contributed by atoms with Crippen molar-refractivity contribution in [3.63, 3.8) is 0 Å². The minimum atomic E-state index is 0.332. The normalized spacial score (nSPS) is 18.9. The molecule has 2 aliphatic heterocycles. The van der Waals surface area contributed by atoms with Gasteiger partial charge in [0.2, 0.25) is 11.9 Å². The van der Waals surface area contributed by atoms with E-state index in [0.29, 0.717) is 5.95 Å². The van der Waals surface area contributed by atoms with Gasteiger partial charge in [-0.05, 0) is 31.4 Å². The Hall–Kier alpha value is -2.41. The number of rotatable bonds is 4. The number of nitrogens with zero attached hydrogens (tertiary/aromatic N) is 6. The highest BCUT2D eigenvalue weighted by Gasteiger charge is 2.20. The van der Waals surface area contributed by atoms with E-state index in [4.69, 9.17) is 10.7 Å². The Balaban J connectivity index is 1.38. The molecule has 2 fully saturated rings. The first-order valence-electron chi connectivity index (χ1n) is 9.56. The smallest absolute Gasteiger partial charge is 0.230 e. The molecule has 26 heavy (non-hydrogen) atoms. The van der Waals surface area contributed by atoms with E-state index in [1.165, 1.54) is 24.9 Å². The van der Waals surface area contributed by atoms with E-state index in [-0.39, 0.29) is 0 Å². The quantitative estimate of drug-likeness (QED) is 0.898. The molecule has 1 aromatic heterocycles. The van der Waals surface area contributed by atoms with E-state index >= 15 is 0 Å². The fraction of sp³-hybridized carbons (Fsp3) is 0.526. The molecule has 0 aliphatic carbocycles. The van der Waals surface area contributed by atoms with Crippen LogP contribution >= 0.6 is 0 Å². The van der Waals surface area contributed by atoms with Crippen molar-refractivity contribution in [3.8, 4) is 0 Å². The van der Waals surface area contributed by atoms with Crippen LogP contribution in [-0.2, 0) is 6.54 Å². The molecule has 0 amide bonds. The summed E-state index contributed by atoms with van der Waals surface area (Å²) in [5.41, 5.74) is 7.25. The Labute approximate surface area is 154 Å². The zero-order chi connectivity index (χ0) is 17.8. The molecule has 3 heterocycles. The standard InChI is InChI=1S/C19H27N7/c20-18-21-17(22-19(23-18)26-9-5-2-6-10-26)15-24-11-13-25(14-12-24)16-7-3-1-4-8-16/h1,3-4,7-8H,2,5-6,9-15H2,(H2,20,21,22,23). The molecule has 4 rings (SSSR count). The van der Waals surface area contributed by atoms with Gasteiger partial charge in [0.1, 0.15) is 5.82 Å². The minimum Gasteiger partial charge on any atom is -0.369 e. The van der Waals surface area contributed by atoms with Crippen molar-refractivity contribution >= 4 is 17.6 Å². The molecule has 0 unspecified atom stereocenters. The lowest BCUT2D eigenvalue weighted by molar-refractivity contribution is 0.244. The molecule has 0 radical (unpaired) electrons. The number of nitrogens with two attached hydrogens (primary N) is 1. The maximum Gasteiger partial charge on any atom is 0.230 e. The molecule has 1 aromatic carbocycles. The molecule has 2 aromatic rings. The molecular formula is C19H27N7. The van der Waals surface area contributed by atoms with E-state index in [1.54, 1.807) is 0 Å². The van der Waals surface area contributed by atoms with Gasteiger partial charge in [-0.15, -0.1) is 0 Å². The maximum atomic E-state index is 5.95. The summed E-state index contributed by atoms with van der Waals surface area (Å²) in [5.74, 6) is 1.86. The zero-order valence-electron chi connectivity index (χ0n) is 15.2. The Morgan fingerprint density at radius 1 is 0.769 bits per heavy atom. The third-order valence-electron chi connectivity index (χ3n) is 5.18. The molecule has 2 N–H and O–H groups in total. The summed E-state index contributed by atoms with van der Waals surface area (Å²) in [5, 5.41) is 0. The lowest BCUT2D eigenvalue weighted by Crippen LogP contribution is -2.46. The second-order valence-electron chi connectivity index (χ2n) is 7.06. The summed E-state index contributed by atoms with van der Waals surface area (Å²) in [6, 6.07) is 10.6. The summed E-state index contributed by atoms with van der Waals surface area (Å²) < 4.78 is 0. The Bertz CT molecular complexity index is 707. The maximum absolute atomic E-state index is 5.95. The van der Waals surface area contributed by atoms with Crippen LogP contribution < -0.4 is 15.5 Å². The van der Waals surface area contributed by atoms with Crippen molar-refractivity contribution in [2.45, 2.75) is 25.8 Å². The fourth-order valence-corrected chi connectivity index (χ4v) is 3.73. The second kappa shape index (κ2) is 7.86. The van der Waals surface area contributed by atoms with Crippen LogP contribution in [0.15, 0.2) is 30.3 Å². The van der Waals surface area contributed by atoms with Gasteiger partial charge < -0.3 is 15.5 Å². The van der Waals surface area contributed by atoms with Crippen molar-refractivity contribution in [3.05, 3.63) is 36.2 Å². The molecule has 2 saturated heterocycles. The molecule has 7 heteroatoms. The summed E-state index contributed by atoms with van der Waals surface area (Å²) in [7, 11) is 0. The largest absolute Gasteiger partial charge is 0.369 e. The predicted octanol–water partition coefficient (Wildman–Crippen LogP) is 1.77. The Morgan fingerprint density at radius 2 is 1.50 bits per heavy atom. The summed E-state index contributed by atoms with van der Waals surface area (Å²) in [6.07, 6.45) is 3.68. The fourth-order valence-electron chi connectivity index (χ4n) is 3.73. The van der Waals surface area contributed by atoms with Crippen LogP contribution in [0.3, 0.4) is 0 Å². The van der Waals surface area contributed by atoms with Crippen LogP contribution in [0.2, 0.25) is 0 Å². The number of anilines is 3. The predicted molar refractivity (Wildman–Crippen MR) is 104 cm³/mol. The van der Waals surface area contributed by atoms with Gasteiger partial charge in [0, 0.05) is 45.0 Å². The monoisotopic (exact) mass is 353 g/mol. The number of nitrogen functional groups attached to an aromatic ring is 1. The van der Waals surface area contributed by atoms with Gasteiger partial charge in [-0.3, -0.25) is 4.90 Å². The third kappa shape index (κ3) is 4.04. The van der Waals surface area contributed by atoms with Gasteiger partial charge in [0.05, 0.1) is 6.54 Å². The number of piperidine rings is 1. The number of aromatic nitrogens is 3. The van der Waals surface area contributed by atoms with Crippen LogP contribution in [0, 0.1) is 0 Å². The summed E-state index contributed by atoms with van der Waals surface area (Å²) in [6.45, 7) is 6.79. The Kier molecular flexibility index (Phi) is 5.15. The lowest BCUT2D eigenvalue weighted by atomic mass is 10.1. The van der Waals surface area contributed by atoms with Gasteiger partial charge in [0.15, 0.2) is 0 Å². The van der Waals surface area contributed by atoms with Crippen LogP contribution in [0.1, 0.15) is 25.1 Å². The van der Waals surface area contributed by atoms with Crippen molar-refractivity contribution in [2.75, 3.05) is 54.8 Å². The molecule has 0 saturated carbocycles. The van der Waals surface area contributed by atoms with Gasteiger partial charge in [-0.1, -0.05) is 18.2 Å². The van der Waals surface area contributed by atoms with Crippen molar-refractivity contribution < 1.29 is 0 Å². The van der Waals surface area contributed by atoms with Crippen LogP contribution in [0.5, 0.6) is 0 Å². The lowest BCUT2D eigenvalue weighted by Gasteiger charge is -2.35. The van der Waals surface area contributed by atoms with Gasteiger partial charge >= 0.3 is 0 Å². The highest BCUT2D eigenvalue weighted by atomic mass is 15.3. The van der Waals surface area contributed by atoms with E-state index < -0.39 is 0 Å². The number of hydrogen-bond acceptors (Lipinski definition) is 7. The van der Waals surface area contributed by atoms with E-state index in [2.05, 4.69) is 55.0 Å². The molecule has 2 aliphatic rings. The number of piperazine rings is 1. The molecule has 138 valence electrons. The average molecular weight is 353 g/mol. The van der Waals surface area contributed by atoms with Crippen LogP contribution in [0.25, 0.3) is 0 Å².